The number of carbonyl (C=O) groups excluding carboxylic acids is 1. The first kappa shape index (κ1) is 18.0. The van der Waals surface area contributed by atoms with Crippen LogP contribution >= 0.6 is 0 Å². The molecule has 1 aliphatic heterocycles. The summed E-state index contributed by atoms with van der Waals surface area (Å²) in [5.41, 5.74) is 1.96. The van der Waals surface area contributed by atoms with Gasteiger partial charge in [0.2, 0.25) is 0 Å². The fraction of sp³-hybridized carbons (Fsp3) is 0.381. The van der Waals surface area contributed by atoms with E-state index in [1.165, 1.54) is 0 Å². The number of ether oxygens (including phenoxy) is 3. The summed E-state index contributed by atoms with van der Waals surface area (Å²) >= 11 is 0. The Balaban J connectivity index is 1.93. The van der Waals surface area contributed by atoms with Crippen LogP contribution in [-0.2, 0) is 15.9 Å². The molecule has 0 fully saturated rings. The summed E-state index contributed by atoms with van der Waals surface area (Å²) in [4.78, 5) is 12.9. The fourth-order valence-electron chi connectivity index (χ4n) is 4.19. The van der Waals surface area contributed by atoms with Crippen molar-refractivity contribution in [1.29, 1.82) is 0 Å². The van der Waals surface area contributed by atoms with E-state index in [-0.39, 0.29) is 18.0 Å². The second kappa shape index (κ2) is 6.34. The van der Waals surface area contributed by atoms with Gasteiger partial charge >= 0.3 is 0 Å². The fourth-order valence-corrected chi connectivity index (χ4v) is 4.19. The van der Waals surface area contributed by atoms with Gasteiger partial charge in [-0.05, 0) is 24.6 Å². The Morgan fingerprint density at radius 2 is 1.93 bits per heavy atom. The molecule has 2 aromatic carbocycles. The highest BCUT2D eigenvalue weighted by Gasteiger charge is 2.42. The predicted molar refractivity (Wildman–Crippen MR) is 97.1 cm³/mol. The minimum atomic E-state index is -1.10. The van der Waals surface area contributed by atoms with Crippen molar-refractivity contribution < 1.29 is 29.2 Å². The number of phenolic OH excluding ortho intramolecular Hbond substituents is 1. The van der Waals surface area contributed by atoms with E-state index in [4.69, 9.17) is 14.2 Å². The van der Waals surface area contributed by atoms with Gasteiger partial charge in [0.25, 0.3) is 0 Å². The van der Waals surface area contributed by atoms with Crippen LogP contribution in [0.15, 0.2) is 30.3 Å². The lowest BCUT2D eigenvalue weighted by Gasteiger charge is -2.31. The van der Waals surface area contributed by atoms with Gasteiger partial charge in [-0.3, -0.25) is 4.79 Å². The van der Waals surface area contributed by atoms with Crippen molar-refractivity contribution in [2.75, 3.05) is 14.2 Å². The number of methoxy groups -OCH3 is 2. The van der Waals surface area contributed by atoms with E-state index in [2.05, 4.69) is 0 Å². The molecule has 0 unspecified atom stereocenters. The van der Waals surface area contributed by atoms with Gasteiger partial charge in [0.05, 0.1) is 12.7 Å². The first-order valence-electron chi connectivity index (χ1n) is 8.81. The second-order valence-corrected chi connectivity index (χ2v) is 7.35. The molecule has 3 atom stereocenters. The maximum atomic E-state index is 12.9. The normalized spacial score (nSPS) is 26.6. The van der Waals surface area contributed by atoms with Crippen LogP contribution in [0.3, 0.4) is 0 Å². The first-order chi connectivity index (χ1) is 12.9. The van der Waals surface area contributed by atoms with Gasteiger partial charge in [-0.15, -0.1) is 0 Å². The molecular weight excluding hydrogens is 348 g/mol. The van der Waals surface area contributed by atoms with Crippen LogP contribution < -0.4 is 4.74 Å². The van der Waals surface area contributed by atoms with Gasteiger partial charge in [-0.1, -0.05) is 18.2 Å². The van der Waals surface area contributed by atoms with Crippen molar-refractivity contribution >= 4 is 5.78 Å². The van der Waals surface area contributed by atoms with Crippen molar-refractivity contribution in [3.63, 3.8) is 0 Å². The van der Waals surface area contributed by atoms with Crippen LogP contribution in [-0.4, -0.2) is 35.8 Å². The molecular formula is C21H22O6. The maximum absolute atomic E-state index is 12.9. The highest BCUT2D eigenvalue weighted by atomic mass is 16.7. The molecule has 2 aromatic rings. The third kappa shape index (κ3) is 2.81. The zero-order valence-corrected chi connectivity index (χ0v) is 15.5. The minimum Gasteiger partial charge on any atom is -0.508 e. The van der Waals surface area contributed by atoms with Gasteiger partial charge in [0.1, 0.15) is 17.6 Å². The van der Waals surface area contributed by atoms with Gasteiger partial charge in [0.15, 0.2) is 12.1 Å². The summed E-state index contributed by atoms with van der Waals surface area (Å²) in [5, 5.41) is 21.0. The smallest absolute Gasteiger partial charge is 0.185 e. The quantitative estimate of drug-likeness (QED) is 0.864. The number of rotatable bonds is 3. The molecule has 0 spiro atoms. The molecule has 6 heteroatoms. The Kier molecular flexibility index (Phi) is 4.22. The highest BCUT2D eigenvalue weighted by Crippen LogP contribution is 2.51. The van der Waals surface area contributed by atoms with Crippen LogP contribution in [0.1, 0.15) is 58.4 Å². The third-order valence-electron chi connectivity index (χ3n) is 5.27. The standard InChI is InChI=1S/C21H22O6/c1-21(24)9-11-7-8-13(22)18(16(11)14(23)10-21)19-17-12(20(26-3)27-19)5-4-6-15(17)25-2/h4-8,19-20,22,24H,9-10H2,1-3H3/t19-,20+,21-/m1/s1. The highest BCUT2D eigenvalue weighted by molar-refractivity contribution is 6.01. The summed E-state index contributed by atoms with van der Waals surface area (Å²) in [6.07, 6.45) is -1.00. The van der Waals surface area contributed by atoms with Crippen LogP contribution in [0.2, 0.25) is 0 Å². The molecule has 2 aliphatic rings. The number of fused-ring (bicyclic) bond motifs is 2. The molecule has 27 heavy (non-hydrogen) atoms. The summed E-state index contributed by atoms with van der Waals surface area (Å²) in [6, 6.07) is 8.77. The van der Waals surface area contributed by atoms with Crippen molar-refractivity contribution in [2.45, 2.75) is 37.8 Å². The van der Waals surface area contributed by atoms with Gasteiger partial charge in [-0.2, -0.15) is 0 Å². The van der Waals surface area contributed by atoms with E-state index in [9.17, 15) is 15.0 Å². The average molecular weight is 370 g/mol. The van der Waals surface area contributed by atoms with E-state index in [1.54, 1.807) is 33.3 Å². The molecule has 4 rings (SSSR count). The number of aliphatic hydroxyl groups is 1. The Morgan fingerprint density at radius 1 is 1.15 bits per heavy atom. The van der Waals surface area contributed by atoms with E-state index in [1.807, 2.05) is 18.2 Å². The molecule has 0 aromatic heterocycles. The minimum absolute atomic E-state index is 0.00430. The predicted octanol–water partition coefficient (Wildman–Crippen LogP) is 3.05. The van der Waals surface area contributed by atoms with E-state index in [0.29, 0.717) is 28.9 Å². The number of hydrogen-bond acceptors (Lipinski definition) is 6. The van der Waals surface area contributed by atoms with Crippen LogP contribution in [0.25, 0.3) is 0 Å². The monoisotopic (exact) mass is 370 g/mol. The Labute approximate surface area is 157 Å². The number of carbonyl (C=O) groups is 1. The molecule has 142 valence electrons. The Hall–Kier alpha value is -2.41. The summed E-state index contributed by atoms with van der Waals surface area (Å²) < 4.78 is 17.0. The SMILES string of the molecule is COc1cccc2c1[C@H](c1c(O)ccc3c1C(=O)C[C@](C)(O)C3)O[C@@H]2OC. The van der Waals surface area contributed by atoms with E-state index in [0.717, 1.165) is 11.1 Å². The van der Waals surface area contributed by atoms with Gasteiger partial charge in [0, 0.05) is 42.2 Å². The van der Waals surface area contributed by atoms with E-state index < -0.39 is 18.0 Å². The number of phenols is 1. The molecule has 0 amide bonds. The van der Waals surface area contributed by atoms with Crippen molar-refractivity contribution in [2.24, 2.45) is 0 Å². The molecule has 2 N–H and O–H groups in total. The lowest BCUT2D eigenvalue weighted by atomic mass is 9.77. The lowest BCUT2D eigenvalue weighted by Crippen LogP contribution is -2.36. The number of benzene rings is 2. The van der Waals surface area contributed by atoms with Gasteiger partial charge in [-0.25, -0.2) is 0 Å². The average Bonchev–Trinajstić information content (AvgIpc) is 3.00. The first-order valence-corrected chi connectivity index (χ1v) is 8.81. The molecule has 0 saturated carbocycles. The summed E-state index contributed by atoms with van der Waals surface area (Å²) in [5.74, 6) is 0.361. The number of hydrogen-bond donors (Lipinski definition) is 2. The van der Waals surface area contributed by atoms with Crippen LogP contribution in [0, 0.1) is 0 Å². The zero-order valence-electron chi connectivity index (χ0n) is 15.5. The zero-order chi connectivity index (χ0) is 19.3. The largest absolute Gasteiger partial charge is 0.508 e. The Bertz CT molecular complexity index is 917. The van der Waals surface area contributed by atoms with Crippen molar-refractivity contribution in [3.8, 4) is 11.5 Å². The summed E-state index contributed by atoms with van der Waals surface area (Å²) in [7, 11) is 3.11. The van der Waals surface area contributed by atoms with Crippen LogP contribution in [0.4, 0.5) is 0 Å². The van der Waals surface area contributed by atoms with Gasteiger partial charge < -0.3 is 24.4 Å². The maximum Gasteiger partial charge on any atom is 0.185 e. The molecule has 0 radical (unpaired) electrons. The molecule has 6 nitrogen and oxygen atoms in total. The Morgan fingerprint density at radius 3 is 2.63 bits per heavy atom. The van der Waals surface area contributed by atoms with Crippen molar-refractivity contribution in [1.82, 2.24) is 0 Å². The lowest BCUT2D eigenvalue weighted by molar-refractivity contribution is -0.132. The molecule has 0 saturated heterocycles. The molecule has 0 bridgehead atoms. The topological polar surface area (TPSA) is 85.2 Å². The number of ketones is 1. The van der Waals surface area contributed by atoms with E-state index >= 15 is 0 Å². The number of aromatic hydroxyl groups is 1. The molecule has 1 heterocycles. The van der Waals surface area contributed by atoms with Crippen molar-refractivity contribution in [3.05, 3.63) is 58.1 Å². The second-order valence-electron chi connectivity index (χ2n) is 7.35. The van der Waals surface area contributed by atoms with Crippen LogP contribution in [0.5, 0.6) is 11.5 Å². The number of Topliss-reactive ketones (excluding diaryl/α,β-unsaturated/α-hetero) is 1. The summed E-state index contributed by atoms with van der Waals surface area (Å²) in [6.45, 7) is 1.64. The molecule has 1 aliphatic carbocycles. The third-order valence-corrected chi connectivity index (χ3v) is 5.27.